The summed E-state index contributed by atoms with van der Waals surface area (Å²) in [4.78, 5) is 0. The zero-order valence-electron chi connectivity index (χ0n) is 9.70. The van der Waals surface area contributed by atoms with Crippen LogP contribution < -0.4 is 0 Å². The van der Waals surface area contributed by atoms with Gasteiger partial charge in [0.15, 0.2) is 0 Å². The number of aliphatic hydroxyl groups is 1. The first kappa shape index (κ1) is 12.0. The number of hydrogen-bond donors (Lipinski definition) is 1. The van der Waals surface area contributed by atoms with Crippen molar-refractivity contribution >= 4 is 0 Å². The van der Waals surface area contributed by atoms with Gasteiger partial charge in [-0.05, 0) is 37.0 Å². The molecule has 84 valence electrons. The lowest BCUT2D eigenvalue weighted by atomic mass is 9.73. The molecule has 1 aliphatic carbocycles. The second-order valence-electron chi connectivity index (χ2n) is 4.88. The van der Waals surface area contributed by atoms with Gasteiger partial charge in [0.05, 0.1) is 6.10 Å². The van der Waals surface area contributed by atoms with Gasteiger partial charge in [0.25, 0.3) is 0 Å². The minimum absolute atomic E-state index is 0.148. The van der Waals surface area contributed by atoms with Gasteiger partial charge in [-0.2, -0.15) is 0 Å². The zero-order chi connectivity index (χ0) is 10.6. The van der Waals surface area contributed by atoms with Crippen LogP contribution in [0.15, 0.2) is 0 Å². The Bertz CT molecular complexity index is 158. The maximum Gasteiger partial charge on any atom is 0.0590 e. The summed E-state index contributed by atoms with van der Waals surface area (Å²) in [5.74, 6) is 2.11. The van der Waals surface area contributed by atoms with Crippen LogP contribution in [0, 0.1) is 17.8 Å². The molecule has 0 aromatic heterocycles. The summed E-state index contributed by atoms with van der Waals surface area (Å²) in [5, 5.41) is 9.93. The van der Waals surface area contributed by atoms with Crippen LogP contribution in [0.3, 0.4) is 0 Å². The van der Waals surface area contributed by atoms with Gasteiger partial charge in [0.2, 0.25) is 0 Å². The predicted octanol–water partition coefficient (Wildman–Crippen LogP) is 2.46. The predicted molar refractivity (Wildman–Crippen MR) is 58.2 cm³/mol. The Kier molecular flexibility index (Phi) is 4.90. The number of methoxy groups -OCH3 is 1. The van der Waals surface area contributed by atoms with Crippen molar-refractivity contribution in [1.29, 1.82) is 0 Å². The van der Waals surface area contributed by atoms with E-state index >= 15 is 0 Å². The minimum atomic E-state index is -0.148. The van der Waals surface area contributed by atoms with Gasteiger partial charge in [0, 0.05) is 13.7 Å². The fourth-order valence-electron chi connectivity index (χ4n) is 2.41. The topological polar surface area (TPSA) is 29.5 Å². The number of aliphatic hydroxyl groups excluding tert-OH is 1. The largest absolute Gasteiger partial charge is 0.393 e. The summed E-state index contributed by atoms with van der Waals surface area (Å²) in [7, 11) is 1.69. The van der Waals surface area contributed by atoms with Crippen molar-refractivity contribution in [2.45, 2.75) is 45.6 Å². The summed E-state index contributed by atoms with van der Waals surface area (Å²) in [6.45, 7) is 5.31. The minimum Gasteiger partial charge on any atom is -0.393 e. The van der Waals surface area contributed by atoms with Crippen LogP contribution >= 0.6 is 0 Å². The third-order valence-corrected chi connectivity index (χ3v) is 3.80. The molecular formula is C12H24O2. The van der Waals surface area contributed by atoms with Crippen molar-refractivity contribution in [2.75, 3.05) is 13.7 Å². The highest BCUT2D eigenvalue weighted by Gasteiger charge is 2.28. The molecule has 14 heavy (non-hydrogen) atoms. The van der Waals surface area contributed by atoms with Crippen molar-refractivity contribution in [2.24, 2.45) is 17.8 Å². The van der Waals surface area contributed by atoms with Crippen LogP contribution in [0.2, 0.25) is 0 Å². The average Bonchev–Trinajstić information content (AvgIpc) is 2.18. The number of hydrogen-bond acceptors (Lipinski definition) is 2. The molecular weight excluding hydrogens is 176 g/mol. The third-order valence-electron chi connectivity index (χ3n) is 3.80. The molecule has 0 heterocycles. The smallest absolute Gasteiger partial charge is 0.0590 e. The Morgan fingerprint density at radius 1 is 1.29 bits per heavy atom. The highest BCUT2D eigenvalue weighted by atomic mass is 16.5. The molecule has 0 amide bonds. The Hall–Kier alpha value is -0.0800. The molecule has 2 nitrogen and oxygen atoms in total. The molecule has 0 bridgehead atoms. The van der Waals surface area contributed by atoms with E-state index in [1.54, 1.807) is 7.11 Å². The molecule has 1 rings (SSSR count). The summed E-state index contributed by atoms with van der Waals surface area (Å²) in [6.07, 6.45) is 4.30. The van der Waals surface area contributed by atoms with Crippen molar-refractivity contribution in [3.8, 4) is 0 Å². The van der Waals surface area contributed by atoms with Gasteiger partial charge in [-0.15, -0.1) is 0 Å². The lowest BCUT2D eigenvalue weighted by molar-refractivity contribution is 0.0319. The van der Waals surface area contributed by atoms with Crippen LogP contribution in [-0.4, -0.2) is 24.9 Å². The van der Waals surface area contributed by atoms with Crippen molar-refractivity contribution in [3.63, 3.8) is 0 Å². The van der Waals surface area contributed by atoms with E-state index < -0.39 is 0 Å². The quantitative estimate of drug-likeness (QED) is 0.755. The zero-order valence-corrected chi connectivity index (χ0v) is 9.70. The molecule has 2 heteroatoms. The van der Waals surface area contributed by atoms with Gasteiger partial charge in [-0.3, -0.25) is 0 Å². The fourth-order valence-corrected chi connectivity index (χ4v) is 2.41. The maximum atomic E-state index is 9.93. The van der Waals surface area contributed by atoms with E-state index in [1.807, 2.05) is 0 Å². The van der Waals surface area contributed by atoms with Crippen molar-refractivity contribution in [1.82, 2.24) is 0 Å². The molecule has 0 aromatic rings. The third kappa shape index (κ3) is 3.25. The molecule has 0 aromatic carbocycles. The van der Waals surface area contributed by atoms with Crippen LogP contribution in [0.4, 0.5) is 0 Å². The summed E-state index contributed by atoms with van der Waals surface area (Å²) >= 11 is 0. The van der Waals surface area contributed by atoms with Gasteiger partial charge < -0.3 is 9.84 Å². The molecule has 4 unspecified atom stereocenters. The Balaban J connectivity index is 2.30. The van der Waals surface area contributed by atoms with Gasteiger partial charge in [-0.1, -0.05) is 20.3 Å². The molecule has 1 fully saturated rings. The van der Waals surface area contributed by atoms with E-state index in [-0.39, 0.29) is 6.10 Å². The highest BCUT2D eigenvalue weighted by Crippen LogP contribution is 2.35. The van der Waals surface area contributed by atoms with Crippen LogP contribution in [0.5, 0.6) is 0 Å². The lowest BCUT2D eigenvalue weighted by Gasteiger charge is -2.34. The van der Waals surface area contributed by atoms with Crippen molar-refractivity contribution in [3.05, 3.63) is 0 Å². The number of ether oxygens (including phenoxy) is 1. The van der Waals surface area contributed by atoms with E-state index in [0.717, 1.165) is 18.3 Å². The van der Waals surface area contributed by atoms with Crippen LogP contribution in [0.1, 0.15) is 39.5 Å². The Morgan fingerprint density at radius 2 is 2.00 bits per heavy atom. The van der Waals surface area contributed by atoms with Crippen molar-refractivity contribution < 1.29 is 9.84 Å². The molecule has 4 atom stereocenters. The van der Waals surface area contributed by atoms with Gasteiger partial charge >= 0.3 is 0 Å². The Morgan fingerprint density at radius 3 is 2.57 bits per heavy atom. The summed E-state index contributed by atoms with van der Waals surface area (Å²) in [5.41, 5.74) is 0. The Labute approximate surface area is 87.7 Å². The first-order valence-electron chi connectivity index (χ1n) is 5.82. The fraction of sp³-hybridized carbons (Fsp3) is 1.00. The van der Waals surface area contributed by atoms with Crippen LogP contribution in [-0.2, 0) is 4.74 Å². The molecule has 0 saturated heterocycles. The first-order valence-corrected chi connectivity index (χ1v) is 5.82. The molecule has 1 saturated carbocycles. The highest BCUT2D eigenvalue weighted by molar-refractivity contribution is 4.79. The second-order valence-corrected chi connectivity index (χ2v) is 4.88. The molecule has 1 aliphatic rings. The average molecular weight is 200 g/mol. The molecule has 0 aliphatic heterocycles. The first-order chi connectivity index (χ1) is 6.65. The van der Waals surface area contributed by atoms with E-state index in [4.69, 9.17) is 4.74 Å². The van der Waals surface area contributed by atoms with E-state index in [9.17, 15) is 5.11 Å². The normalized spacial score (nSPS) is 35.6. The van der Waals surface area contributed by atoms with E-state index in [1.165, 1.54) is 19.3 Å². The molecule has 0 spiro atoms. The molecule has 1 N–H and O–H groups in total. The number of rotatable bonds is 4. The standard InChI is InChI=1S/C12H24O2/c1-9-4-5-11(8-10(9)2)12(13)6-7-14-3/h9-13H,4-8H2,1-3H3. The van der Waals surface area contributed by atoms with Gasteiger partial charge in [0.1, 0.15) is 0 Å². The second kappa shape index (κ2) is 5.72. The maximum absolute atomic E-state index is 9.93. The van der Waals surface area contributed by atoms with Gasteiger partial charge in [-0.25, -0.2) is 0 Å². The summed E-state index contributed by atoms with van der Waals surface area (Å²) in [6, 6.07) is 0. The monoisotopic (exact) mass is 200 g/mol. The van der Waals surface area contributed by atoms with E-state index in [0.29, 0.717) is 12.5 Å². The SMILES string of the molecule is COCCC(O)C1CCC(C)C(C)C1. The summed E-state index contributed by atoms with van der Waals surface area (Å²) < 4.78 is 4.99. The molecule has 0 radical (unpaired) electrons. The van der Waals surface area contributed by atoms with E-state index in [2.05, 4.69) is 13.8 Å². The lowest BCUT2D eigenvalue weighted by Crippen LogP contribution is -2.30. The van der Waals surface area contributed by atoms with Crippen LogP contribution in [0.25, 0.3) is 0 Å².